The molecule has 3 rings (SSSR count). The highest BCUT2D eigenvalue weighted by Gasteiger charge is 2.16. The molecule has 0 aliphatic heterocycles. The Morgan fingerprint density at radius 1 is 1.10 bits per heavy atom. The number of methoxy groups -OCH3 is 1. The highest BCUT2D eigenvalue weighted by Crippen LogP contribution is 2.33. The maximum Gasteiger partial charge on any atom is 0.337 e. The van der Waals surface area contributed by atoms with Crippen LogP contribution in [-0.2, 0) is 6.42 Å². The molecule has 1 heterocycles. The first-order chi connectivity index (χ1) is 14.0. The molecule has 0 saturated heterocycles. The molecule has 0 bridgehead atoms. The van der Waals surface area contributed by atoms with Crippen molar-refractivity contribution in [3.8, 4) is 22.8 Å². The lowest BCUT2D eigenvalue weighted by molar-refractivity contribution is 0.0695. The lowest BCUT2D eigenvalue weighted by atomic mass is 10.0. The van der Waals surface area contributed by atoms with E-state index in [1.54, 1.807) is 37.4 Å². The van der Waals surface area contributed by atoms with Gasteiger partial charge in [-0.3, -0.25) is 4.98 Å². The van der Waals surface area contributed by atoms with E-state index >= 15 is 0 Å². The number of carboxylic acid groups (broad SMARTS) is 1. The fourth-order valence-corrected chi connectivity index (χ4v) is 2.95. The molecule has 0 spiro atoms. The van der Waals surface area contributed by atoms with Gasteiger partial charge < -0.3 is 14.6 Å². The monoisotopic (exact) mass is 395 g/mol. The Balaban J connectivity index is 2.04. The molecule has 6 heteroatoms. The number of ether oxygens (including phenoxy) is 2. The van der Waals surface area contributed by atoms with Crippen LogP contribution >= 0.6 is 0 Å². The van der Waals surface area contributed by atoms with Gasteiger partial charge in [-0.2, -0.15) is 0 Å². The molecule has 29 heavy (non-hydrogen) atoms. The molecule has 0 radical (unpaired) electrons. The number of hydrogen-bond acceptors (Lipinski definition) is 4. The van der Waals surface area contributed by atoms with Crippen molar-refractivity contribution in [2.24, 2.45) is 0 Å². The fourth-order valence-electron chi connectivity index (χ4n) is 2.95. The molecule has 5 nitrogen and oxygen atoms in total. The second-order valence-electron chi connectivity index (χ2n) is 6.51. The number of hydrogen-bond donors (Lipinski definition) is 1. The molecule has 0 unspecified atom stereocenters. The molecule has 0 fully saturated rings. The third kappa shape index (κ3) is 4.90. The van der Waals surface area contributed by atoms with Crippen molar-refractivity contribution < 1.29 is 23.8 Å². The quantitative estimate of drug-likeness (QED) is 0.583. The van der Waals surface area contributed by atoms with Crippen LogP contribution in [0.3, 0.4) is 0 Å². The average Bonchev–Trinajstić information content (AvgIpc) is 2.73. The average molecular weight is 395 g/mol. The topological polar surface area (TPSA) is 68.7 Å². The fraction of sp³-hybridized carbons (Fsp3) is 0.217. The number of pyridine rings is 1. The zero-order valence-corrected chi connectivity index (χ0v) is 16.3. The Hall–Kier alpha value is -3.41. The van der Waals surface area contributed by atoms with Crippen LogP contribution < -0.4 is 9.47 Å². The molecule has 3 aromatic rings. The summed E-state index contributed by atoms with van der Waals surface area (Å²) in [6, 6.07) is 14.6. The van der Waals surface area contributed by atoms with Gasteiger partial charge in [-0.25, -0.2) is 9.18 Å². The van der Waals surface area contributed by atoms with Crippen LogP contribution in [0.4, 0.5) is 4.39 Å². The number of rotatable bonds is 8. The van der Waals surface area contributed by atoms with Crippen molar-refractivity contribution in [1.82, 2.24) is 4.98 Å². The SMILES string of the molecule is CCCOc1cc(OC)ccc1-c1ccc(C(=O)O)c(Cc2ccc(F)cc2)n1. The van der Waals surface area contributed by atoms with E-state index in [4.69, 9.17) is 9.47 Å². The van der Waals surface area contributed by atoms with Gasteiger partial charge in [0, 0.05) is 18.1 Å². The van der Waals surface area contributed by atoms with Gasteiger partial charge in [-0.15, -0.1) is 0 Å². The molecule has 1 aromatic heterocycles. The summed E-state index contributed by atoms with van der Waals surface area (Å²) in [4.78, 5) is 16.3. The van der Waals surface area contributed by atoms with Gasteiger partial charge in [0.25, 0.3) is 0 Å². The smallest absolute Gasteiger partial charge is 0.337 e. The van der Waals surface area contributed by atoms with E-state index in [1.165, 1.54) is 18.2 Å². The van der Waals surface area contributed by atoms with Crippen LogP contribution in [0.1, 0.15) is 35.0 Å². The van der Waals surface area contributed by atoms with Gasteiger partial charge in [0.05, 0.1) is 30.7 Å². The highest BCUT2D eigenvalue weighted by atomic mass is 19.1. The summed E-state index contributed by atoms with van der Waals surface area (Å²) < 4.78 is 24.3. The van der Waals surface area contributed by atoms with Crippen molar-refractivity contribution in [3.63, 3.8) is 0 Å². The molecule has 0 aliphatic carbocycles. The number of benzene rings is 2. The zero-order valence-electron chi connectivity index (χ0n) is 16.3. The molecule has 1 N–H and O–H groups in total. The van der Waals surface area contributed by atoms with Crippen LogP contribution in [-0.4, -0.2) is 29.8 Å². The third-order valence-electron chi connectivity index (χ3n) is 4.42. The molecule has 0 aliphatic rings. The van der Waals surface area contributed by atoms with Crippen molar-refractivity contribution in [2.45, 2.75) is 19.8 Å². The largest absolute Gasteiger partial charge is 0.497 e. The summed E-state index contributed by atoms with van der Waals surface area (Å²) in [5.41, 5.74) is 2.63. The van der Waals surface area contributed by atoms with E-state index in [0.717, 1.165) is 17.5 Å². The van der Waals surface area contributed by atoms with E-state index in [2.05, 4.69) is 4.98 Å². The first-order valence-electron chi connectivity index (χ1n) is 9.30. The number of carboxylic acids is 1. The second kappa shape index (κ2) is 9.19. The first-order valence-corrected chi connectivity index (χ1v) is 9.30. The lowest BCUT2D eigenvalue weighted by Crippen LogP contribution is -2.07. The molecular formula is C23H22FNO4. The van der Waals surface area contributed by atoms with Crippen LogP contribution in [0, 0.1) is 5.82 Å². The van der Waals surface area contributed by atoms with E-state index in [-0.39, 0.29) is 17.8 Å². The molecule has 0 saturated carbocycles. The molecule has 0 amide bonds. The normalized spacial score (nSPS) is 10.6. The zero-order chi connectivity index (χ0) is 20.8. The lowest BCUT2D eigenvalue weighted by Gasteiger charge is -2.14. The third-order valence-corrected chi connectivity index (χ3v) is 4.42. The van der Waals surface area contributed by atoms with Gasteiger partial charge in [0.2, 0.25) is 0 Å². The minimum Gasteiger partial charge on any atom is -0.497 e. The standard InChI is InChI=1S/C23H22FNO4/c1-3-12-29-22-14-17(28-2)8-9-18(22)20-11-10-19(23(26)27)21(25-20)13-15-4-6-16(24)7-5-15/h4-11,14H,3,12-13H2,1-2H3,(H,26,27). The number of nitrogens with zero attached hydrogens (tertiary/aromatic N) is 1. The summed E-state index contributed by atoms with van der Waals surface area (Å²) in [6.45, 7) is 2.55. The maximum absolute atomic E-state index is 13.2. The van der Waals surface area contributed by atoms with Crippen LogP contribution in [0.15, 0.2) is 54.6 Å². The Kier molecular flexibility index (Phi) is 6.44. The summed E-state index contributed by atoms with van der Waals surface area (Å²) >= 11 is 0. The number of aromatic nitrogens is 1. The van der Waals surface area contributed by atoms with E-state index < -0.39 is 5.97 Å². The predicted molar refractivity (Wildman–Crippen MR) is 108 cm³/mol. The summed E-state index contributed by atoms with van der Waals surface area (Å²) in [7, 11) is 1.58. The van der Waals surface area contributed by atoms with Crippen molar-refractivity contribution in [2.75, 3.05) is 13.7 Å². The Morgan fingerprint density at radius 3 is 2.52 bits per heavy atom. The van der Waals surface area contributed by atoms with Gasteiger partial charge in [-0.1, -0.05) is 19.1 Å². The van der Waals surface area contributed by atoms with Gasteiger partial charge in [0.1, 0.15) is 17.3 Å². The molecule has 150 valence electrons. The second-order valence-corrected chi connectivity index (χ2v) is 6.51. The highest BCUT2D eigenvalue weighted by molar-refractivity contribution is 5.89. The molecule has 2 aromatic carbocycles. The van der Waals surface area contributed by atoms with Crippen LogP contribution in [0.2, 0.25) is 0 Å². The predicted octanol–water partition coefficient (Wildman–Crippen LogP) is 4.97. The van der Waals surface area contributed by atoms with Gasteiger partial charge in [-0.05, 0) is 48.4 Å². The molecular weight excluding hydrogens is 373 g/mol. The van der Waals surface area contributed by atoms with E-state index in [1.807, 2.05) is 13.0 Å². The summed E-state index contributed by atoms with van der Waals surface area (Å²) in [5, 5.41) is 9.55. The van der Waals surface area contributed by atoms with Gasteiger partial charge >= 0.3 is 5.97 Å². The Labute approximate surface area is 168 Å². The van der Waals surface area contributed by atoms with E-state index in [0.29, 0.717) is 29.5 Å². The minimum absolute atomic E-state index is 0.114. The number of carbonyl (C=O) groups is 1. The van der Waals surface area contributed by atoms with E-state index in [9.17, 15) is 14.3 Å². The van der Waals surface area contributed by atoms with Crippen molar-refractivity contribution in [1.29, 1.82) is 0 Å². The number of halogens is 1. The Bertz CT molecular complexity index is 1000. The molecule has 0 atom stereocenters. The summed E-state index contributed by atoms with van der Waals surface area (Å²) in [5.74, 6) is -0.119. The first kappa shape index (κ1) is 20.3. The van der Waals surface area contributed by atoms with Crippen LogP contribution in [0.5, 0.6) is 11.5 Å². The van der Waals surface area contributed by atoms with Crippen LogP contribution in [0.25, 0.3) is 11.3 Å². The van der Waals surface area contributed by atoms with Gasteiger partial charge in [0.15, 0.2) is 0 Å². The summed E-state index contributed by atoms with van der Waals surface area (Å²) in [6.07, 6.45) is 1.12. The maximum atomic E-state index is 13.2. The van der Waals surface area contributed by atoms with Crippen molar-refractivity contribution in [3.05, 3.63) is 77.2 Å². The minimum atomic E-state index is -1.06. The number of aromatic carboxylic acids is 1. The van der Waals surface area contributed by atoms with Crippen molar-refractivity contribution >= 4 is 5.97 Å². The Morgan fingerprint density at radius 2 is 1.86 bits per heavy atom.